The van der Waals surface area contributed by atoms with Crippen LogP contribution < -0.4 is 10.6 Å². The molecule has 2 N–H and O–H groups in total. The number of nitrogens with one attached hydrogen (secondary N) is 2. The average Bonchev–Trinajstić information content (AvgIpc) is 2.49. The van der Waals surface area contributed by atoms with Crippen molar-refractivity contribution in [2.24, 2.45) is 0 Å². The minimum absolute atomic E-state index is 0.0368. The van der Waals surface area contributed by atoms with Gasteiger partial charge in [-0.2, -0.15) is 0 Å². The second kappa shape index (κ2) is 7.55. The molecule has 0 fully saturated rings. The lowest BCUT2D eigenvalue weighted by atomic mass is 10.1. The van der Waals surface area contributed by atoms with E-state index in [-0.39, 0.29) is 5.91 Å². The summed E-state index contributed by atoms with van der Waals surface area (Å²) in [5, 5.41) is 6.15. The Labute approximate surface area is 125 Å². The van der Waals surface area contributed by atoms with E-state index in [0.29, 0.717) is 25.2 Å². The Morgan fingerprint density at radius 1 is 1.00 bits per heavy atom. The molecule has 1 aromatic carbocycles. The number of hydrogen-bond acceptors (Lipinski definition) is 3. The number of pyridine rings is 1. The molecule has 1 amide bonds. The molecule has 0 bridgehead atoms. The summed E-state index contributed by atoms with van der Waals surface area (Å²) in [6.45, 7) is 6.04. The van der Waals surface area contributed by atoms with Crippen molar-refractivity contribution >= 4 is 5.91 Å². The lowest BCUT2D eigenvalue weighted by molar-refractivity contribution is 0.0954. The normalized spacial score (nSPS) is 10.4. The first-order valence-corrected chi connectivity index (χ1v) is 7.12. The van der Waals surface area contributed by atoms with Gasteiger partial charge >= 0.3 is 0 Å². The summed E-state index contributed by atoms with van der Waals surface area (Å²) in [6, 6.07) is 11.6. The lowest BCUT2D eigenvalue weighted by Gasteiger charge is -2.07. The molecular weight excluding hydrogens is 262 g/mol. The molecule has 0 saturated carbocycles. The number of hydrogen-bond donors (Lipinski definition) is 2. The van der Waals surface area contributed by atoms with Crippen molar-refractivity contribution in [2.75, 3.05) is 13.1 Å². The molecule has 0 radical (unpaired) electrons. The fourth-order valence-electron chi connectivity index (χ4n) is 1.89. The van der Waals surface area contributed by atoms with Crippen LogP contribution in [0, 0.1) is 13.8 Å². The van der Waals surface area contributed by atoms with Crippen molar-refractivity contribution in [2.45, 2.75) is 20.4 Å². The average molecular weight is 283 g/mol. The summed E-state index contributed by atoms with van der Waals surface area (Å²) in [7, 11) is 0. The molecule has 110 valence electrons. The van der Waals surface area contributed by atoms with Gasteiger partial charge in [0.1, 0.15) is 0 Å². The first-order valence-electron chi connectivity index (χ1n) is 7.12. The van der Waals surface area contributed by atoms with E-state index in [9.17, 15) is 4.79 Å². The van der Waals surface area contributed by atoms with E-state index < -0.39 is 0 Å². The van der Waals surface area contributed by atoms with E-state index in [1.807, 2.05) is 56.4 Å². The van der Waals surface area contributed by atoms with Crippen molar-refractivity contribution in [3.63, 3.8) is 0 Å². The summed E-state index contributed by atoms with van der Waals surface area (Å²) >= 11 is 0. The molecule has 4 heteroatoms. The molecular formula is C17H21N3O. The molecule has 1 aromatic heterocycles. The van der Waals surface area contributed by atoms with Crippen molar-refractivity contribution in [1.29, 1.82) is 0 Å². The highest BCUT2D eigenvalue weighted by molar-refractivity contribution is 5.94. The Morgan fingerprint density at radius 3 is 2.38 bits per heavy atom. The predicted molar refractivity (Wildman–Crippen MR) is 84.2 cm³/mol. The summed E-state index contributed by atoms with van der Waals surface area (Å²) in [4.78, 5) is 16.2. The monoisotopic (exact) mass is 283 g/mol. The molecule has 0 saturated heterocycles. The highest BCUT2D eigenvalue weighted by Crippen LogP contribution is 2.02. The van der Waals surface area contributed by atoms with Crippen LogP contribution in [0.25, 0.3) is 0 Å². The standard InChI is InChI=1S/C17H21N3O/c1-13-3-6-15(7-4-13)17(21)19-10-9-18-12-16-8-5-14(2)11-20-16/h3-8,11,18H,9-10,12H2,1-2H3,(H,19,21). The van der Waals surface area contributed by atoms with Gasteiger partial charge in [-0.15, -0.1) is 0 Å². The summed E-state index contributed by atoms with van der Waals surface area (Å²) in [6.07, 6.45) is 1.86. The van der Waals surface area contributed by atoms with E-state index >= 15 is 0 Å². The number of amides is 1. The molecule has 0 aliphatic heterocycles. The van der Waals surface area contributed by atoms with Gasteiger partial charge < -0.3 is 10.6 Å². The van der Waals surface area contributed by atoms with Crippen LogP contribution in [0.1, 0.15) is 27.2 Å². The minimum Gasteiger partial charge on any atom is -0.351 e. The third-order valence-corrected chi connectivity index (χ3v) is 3.18. The van der Waals surface area contributed by atoms with Crippen LogP contribution >= 0.6 is 0 Å². The minimum atomic E-state index is -0.0368. The number of rotatable bonds is 6. The van der Waals surface area contributed by atoms with Crippen molar-refractivity contribution < 1.29 is 4.79 Å². The molecule has 4 nitrogen and oxygen atoms in total. The van der Waals surface area contributed by atoms with Crippen LogP contribution in [-0.4, -0.2) is 24.0 Å². The van der Waals surface area contributed by atoms with Crippen molar-refractivity contribution in [3.05, 3.63) is 65.0 Å². The van der Waals surface area contributed by atoms with Crippen LogP contribution in [0.4, 0.5) is 0 Å². The molecule has 2 rings (SSSR count). The molecule has 0 aliphatic rings. The highest BCUT2D eigenvalue weighted by Gasteiger charge is 2.03. The maximum absolute atomic E-state index is 11.9. The van der Waals surface area contributed by atoms with E-state index in [1.165, 1.54) is 0 Å². The van der Waals surface area contributed by atoms with E-state index in [2.05, 4.69) is 15.6 Å². The van der Waals surface area contributed by atoms with Crippen molar-refractivity contribution in [3.8, 4) is 0 Å². The smallest absolute Gasteiger partial charge is 0.251 e. The predicted octanol–water partition coefficient (Wildman–Crippen LogP) is 2.22. The van der Waals surface area contributed by atoms with Crippen LogP contribution in [0.15, 0.2) is 42.6 Å². The van der Waals surface area contributed by atoms with Crippen LogP contribution in [-0.2, 0) is 6.54 Å². The lowest BCUT2D eigenvalue weighted by Crippen LogP contribution is -2.31. The maximum atomic E-state index is 11.9. The summed E-state index contributed by atoms with van der Waals surface area (Å²) in [5.41, 5.74) is 4.01. The number of aromatic nitrogens is 1. The summed E-state index contributed by atoms with van der Waals surface area (Å²) in [5.74, 6) is -0.0368. The first kappa shape index (κ1) is 15.2. The molecule has 0 unspecified atom stereocenters. The Morgan fingerprint density at radius 2 is 1.71 bits per heavy atom. The fraction of sp³-hybridized carbons (Fsp3) is 0.294. The largest absolute Gasteiger partial charge is 0.351 e. The zero-order valence-corrected chi connectivity index (χ0v) is 12.5. The fourth-order valence-corrected chi connectivity index (χ4v) is 1.89. The molecule has 0 spiro atoms. The van der Waals surface area contributed by atoms with Crippen LogP contribution in [0.3, 0.4) is 0 Å². The zero-order valence-electron chi connectivity index (χ0n) is 12.5. The van der Waals surface area contributed by atoms with Gasteiger partial charge in [0.2, 0.25) is 0 Å². The summed E-state index contributed by atoms with van der Waals surface area (Å²) < 4.78 is 0. The highest BCUT2D eigenvalue weighted by atomic mass is 16.1. The molecule has 1 heterocycles. The zero-order chi connectivity index (χ0) is 15.1. The second-order valence-electron chi connectivity index (χ2n) is 5.13. The van der Waals surface area contributed by atoms with Gasteiger partial charge in [-0.3, -0.25) is 9.78 Å². The quantitative estimate of drug-likeness (QED) is 0.799. The molecule has 0 aliphatic carbocycles. The van der Waals surface area contributed by atoms with E-state index in [0.717, 1.165) is 16.8 Å². The van der Waals surface area contributed by atoms with Gasteiger partial charge in [-0.25, -0.2) is 0 Å². The van der Waals surface area contributed by atoms with Gasteiger partial charge in [-0.1, -0.05) is 23.8 Å². The van der Waals surface area contributed by atoms with Crippen molar-refractivity contribution in [1.82, 2.24) is 15.6 Å². The number of nitrogens with zero attached hydrogens (tertiary/aromatic N) is 1. The third kappa shape index (κ3) is 5.00. The van der Waals surface area contributed by atoms with Gasteiger partial charge in [0.25, 0.3) is 5.91 Å². The van der Waals surface area contributed by atoms with Crippen LogP contribution in [0.2, 0.25) is 0 Å². The Bertz CT molecular complexity index is 576. The van der Waals surface area contributed by atoms with Gasteiger partial charge in [0, 0.05) is 31.4 Å². The van der Waals surface area contributed by atoms with E-state index in [4.69, 9.17) is 0 Å². The van der Waals surface area contributed by atoms with Crippen LogP contribution in [0.5, 0.6) is 0 Å². The molecule has 0 atom stereocenters. The second-order valence-corrected chi connectivity index (χ2v) is 5.13. The number of carbonyl (C=O) groups excluding carboxylic acids is 1. The molecule has 2 aromatic rings. The van der Waals surface area contributed by atoms with Gasteiger partial charge in [0.15, 0.2) is 0 Å². The topological polar surface area (TPSA) is 54.0 Å². The number of benzene rings is 1. The molecule has 21 heavy (non-hydrogen) atoms. The number of carbonyl (C=O) groups is 1. The first-order chi connectivity index (χ1) is 10.1. The Balaban J connectivity index is 1.66. The SMILES string of the molecule is Cc1ccc(C(=O)NCCNCc2ccc(C)cn2)cc1. The van der Waals surface area contributed by atoms with Gasteiger partial charge in [-0.05, 0) is 37.6 Å². The maximum Gasteiger partial charge on any atom is 0.251 e. The Hall–Kier alpha value is -2.20. The Kier molecular flexibility index (Phi) is 5.46. The third-order valence-electron chi connectivity index (χ3n) is 3.18. The van der Waals surface area contributed by atoms with E-state index in [1.54, 1.807) is 0 Å². The van der Waals surface area contributed by atoms with Gasteiger partial charge in [0.05, 0.1) is 5.69 Å². The number of aryl methyl sites for hydroxylation is 2.